The maximum atomic E-state index is 13.2. The molecule has 1 aromatic heterocycles. The van der Waals surface area contributed by atoms with E-state index in [0.29, 0.717) is 26.1 Å². The van der Waals surface area contributed by atoms with Crippen LogP contribution in [0.4, 0.5) is 4.39 Å². The summed E-state index contributed by atoms with van der Waals surface area (Å²) in [5.74, 6) is -0.151. The maximum Gasteiger partial charge on any atom is 0.227 e. The number of nitrogens with zero attached hydrogens (tertiary/aromatic N) is 3. The van der Waals surface area contributed by atoms with Crippen molar-refractivity contribution in [3.8, 4) is 11.1 Å². The second-order valence-corrected chi connectivity index (χ2v) is 7.96. The lowest BCUT2D eigenvalue weighted by Gasteiger charge is -2.23. The van der Waals surface area contributed by atoms with Crippen molar-refractivity contribution in [3.63, 3.8) is 0 Å². The third-order valence-corrected chi connectivity index (χ3v) is 5.68. The van der Waals surface area contributed by atoms with Gasteiger partial charge in [0.2, 0.25) is 5.91 Å². The van der Waals surface area contributed by atoms with Crippen LogP contribution in [-0.2, 0) is 17.8 Å². The molecule has 0 aliphatic carbocycles. The zero-order valence-electron chi connectivity index (χ0n) is 17.2. The number of carbonyl (C=O) groups is 1. The van der Waals surface area contributed by atoms with Crippen LogP contribution in [0.5, 0.6) is 0 Å². The van der Waals surface area contributed by atoms with E-state index in [1.54, 1.807) is 6.20 Å². The number of benzene rings is 2. The third-order valence-electron chi connectivity index (χ3n) is 5.68. The zero-order valence-corrected chi connectivity index (χ0v) is 17.2. The van der Waals surface area contributed by atoms with Crippen LogP contribution >= 0.6 is 0 Å². The van der Waals surface area contributed by atoms with E-state index in [-0.39, 0.29) is 17.6 Å². The number of halogens is 1. The molecule has 2 aromatic carbocycles. The van der Waals surface area contributed by atoms with Crippen LogP contribution in [0.1, 0.15) is 11.1 Å². The van der Waals surface area contributed by atoms with E-state index >= 15 is 0 Å². The van der Waals surface area contributed by atoms with Gasteiger partial charge in [-0.05, 0) is 46.9 Å². The first kappa shape index (κ1) is 20.2. The minimum absolute atomic E-state index is 0.109. The number of hydrogen-bond acceptors (Lipinski definition) is 3. The van der Waals surface area contributed by atoms with Crippen LogP contribution in [0.25, 0.3) is 11.1 Å². The molecule has 1 fully saturated rings. The molecule has 0 N–H and O–H groups in total. The molecule has 1 saturated heterocycles. The van der Waals surface area contributed by atoms with Gasteiger partial charge in [0.05, 0.1) is 5.92 Å². The smallest absolute Gasteiger partial charge is 0.227 e. The molecule has 0 saturated carbocycles. The van der Waals surface area contributed by atoms with E-state index < -0.39 is 0 Å². The summed E-state index contributed by atoms with van der Waals surface area (Å²) < 4.78 is 13.2. The number of carbonyl (C=O) groups excluding carboxylic acids is 1. The molecule has 4 nitrogen and oxygen atoms in total. The van der Waals surface area contributed by atoms with Crippen molar-refractivity contribution in [2.45, 2.75) is 13.0 Å². The highest BCUT2D eigenvalue weighted by molar-refractivity contribution is 5.79. The van der Waals surface area contributed by atoms with E-state index in [1.165, 1.54) is 12.1 Å². The Balaban J connectivity index is 1.51. The Kier molecular flexibility index (Phi) is 6.19. The minimum atomic E-state index is -0.226. The Bertz CT molecular complexity index is 991. The molecule has 2 heterocycles. The predicted octanol–water partition coefficient (Wildman–Crippen LogP) is 4.02. The van der Waals surface area contributed by atoms with E-state index in [1.807, 2.05) is 48.5 Å². The number of pyridine rings is 1. The molecule has 1 aliphatic heterocycles. The SMILES string of the molecule is CN1CCN(Cc2ccc(F)cc2)CC(Cc2cccc(-c3cccnc3)c2)C1=O. The number of aromatic nitrogens is 1. The van der Waals surface area contributed by atoms with Crippen LogP contribution < -0.4 is 0 Å². The molecule has 5 heteroatoms. The normalized spacial score (nSPS) is 17.7. The van der Waals surface area contributed by atoms with Gasteiger partial charge in [-0.3, -0.25) is 14.7 Å². The Morgan fingerprint density at radius 2 is 1.80 bits per heavy atom. The molecule has 1 aliphatic rings. The van der Waals surface area contributed by atoms with E-state index in [2.05, 4.69) is 28.1 Å². The highest BCUT2D eigenvalue weighted by Crippen LogP contribution is 2.23. The van der Waals surface area contributed by atoms with Crippen molar-refractivity contribution in [2.75, 3.05) is 26.7 Å². The van der Waals surface area contributed by atoms with Crippen LogP contribution in [0.2, 0.25) is 0 Å². The van der Waals surface area contributed by atoms with Crippen LogP contribution in [0.15, 0.2) is 73.1 Å². The van der Waals surface area contributed by atoms with E-state index in [9.17, 15) is 9.18 Å². The molecule has 3 aromatic rings. The molecular formula is C25H26FN3O. The van der Waals surface area contributed by atoms with Crippen molar-refractivity contribution >= 4 is 5.91 Å². The van der Waals surface area contributed by atoms with E-state index in [4.69, 9.17) is 0 Å². The number of rotatable bonds is 5. The summed E-state index contributed by atoms with van der Waals surface area (Å²) in [5, 5.41) is 0. The first-order valence-electron chi connectivity index (χ1n) is 10.3. The van der Waals surface area contributed by atoms with Crippen molar-refractivity contribution in [3.05, 3.63) is 90.0 Å². The summed E-state index contributed by atoms with van der Waals surface area (Å²) >= 11 is 0. The zero-order chi connectivity index (χ0) is 20.9. The summed E-state index contributed by atoms with van der Waals surface area (Å²) in [6, 6.07) is 18.9. The van der Waals surface area contributed by atoms with Gasteiger partial charge in [0, 0.05) is 45.6 Å². The maximum absolute atomic E-state index is 13.2. The lowest BCUT2D eigenvalue weighted by atomic mass is 9.95. The number of likely N-dealkylation sites (N-methyl/N-ethyl adjacent to an activating group) is 1. The molecule has 0 bridgehead atoms. The van der Waals surface area contributed by atoms with E-state index in [0.717, 1.165) is 28.8 Å². The fraction of sp³-hybridized carbons (Fsp3) is 0.280. The molecule has 0 radical (unpaired) electrons. The van der Waals surface area contributed by atoms with Crippen molar-refractivity contribution in [2.24, 2.45) is 5.92 Å². The Labute approximate surface area is 177 Å². The summed E-state index contributed by atoms with van der Waals surface area (Å²) in [6.07, 6.45) is 4.31. The molecule has 1 atom stereocenters. The van der Waals surface area contributed by atoms with Gasteiger partial charge in [-0.15, -0.1) is 0 Å². The second kappa shape index (κ2) is 9.18. The minimum Gasteiger partial charge on any atom is -0.344 e. The third kappa shape index (κ3) is 4.92. The molecule has 154 valence electrons. The first-order chi connectivity index (χ1) is 14.6. The molecule has 1 amide bonds. The average Bonchev–Trinajstić information content (AvgIpc) is 2.90. The van der Waals surface area contributed by atoms with Gasteiger partial charge in [0.15, 0.2) is 0 Å². The predicted molar refractivity (Wildman–Crippen MR) is 116 cm³/mol. The van der Waals surface area contributed by atoms with Crippen molar-refractivity contribution in [1.82, 2.24) is 14.8 Å². The molecule has 4 rings (SSSR count). The van der Waals surface area contributed by atoms with Gasteiger partial charge in [0.1, 0.15) is 5.82 Å². The van der Waals surface area contributed by atoms with Crippen LogP contribution in [-0.4, -0.2) is 47.4 Å². The van der Waals surface area contributed by atoms with Crippen molar-refractivity contribution in [1.29, 1.82) is 0 Å². The first-order valence-corrected chi connectivity index (χ1v) is 10.3. The number of hydrogen-bond donors (Lipinski definition) is 0. The Hall–Kier alpha value is -3.05. The molecular weight excluding hydrogens is 377 g/mol. The summed E-state index contributed by atoms with van der Waals surface area (Å²) in [5.41, 5.74) is 4.39. The van der Waals surface area contributed by atoms with Crippen LogP contribution in [0, 0.1) is 11.7 Å². The molecule has 0 spiro atoms. The fourth-order valence-corrected chi connectivity index (χ4v) is 4.03. The van der Waals surface area contributed by atoms with Crippen molar-refractivity contribution < 1.29 is 9.18 Å². The van der Waals surface area contributed by atoms with Gasteiger partial charge in [-0.2, -0.15) is 0 Å². The second-order valence-electron chi connectivity index (χ2n) is 7.96. The van der Waals surface area contributed by atoms with Gasteiger partial charge < -0.3 is 4.90 Å². The van der Waals surface area contributed by atoms with Gasteiger partial charge in [-0.1, -0.05) is 42.5 Å². The monoisotopic (exact) mass is 403 g/mol. The highest BCUT2D eigenvalue weighted by Gasteiger charge is 2.28. The largest absolute Gasteiger partial charge is 0.344 e. The van der Waals surface area contributed by atoms with Gasteiger partial charge >= 0.3 is 0 Å². The lowest BCUT2D eigenvalue weighted by molar-refractivity contribution is -0.133. The molecule has 30 heavy (non-hydrogen) atoms. The van der Waals surface area contributed by atoms with Crippen LogP contribution in [0.3, 0.4) is 0 Å². The summed E-state index contributed by atoms with van der Waals surface area (Å²) in [6.45, 7) is 2.92. The Morgan fingerprint density at radius 3 is 2.57 bits per heavy atom. The fourth-order valence-electron chi connectivity index (χ4n) is 4.03. The number of amides is 1. The quantitative estimate of drug-likeness (QED) is 0.646. The molecule has 1 unspecified atom stereocenters. The lowest BCUT2D eigenvalue weighted by Crippen LogP contribution is -2.34. The standard InChI is InChI=1S/C25H26FN3O/c1-28-12-13-29(17-19-7-9-24(26)10-8-19)18-23(25(28)30)15-20-4-2-5-21(14-20)22-6-3-11-27-16-22/h2-11,14,16,23H,12-13,15,17-18H2,1H3. The summed E-state index contributed by atoms with van der Waals surface area (Å²) in [7, 11) is 1.88. The average molecular weight is 404 g/mol. The van der Waals surface area contributed by atoms with Gasteiger partial charge in [0.25, 0.3) is 0 Å². The summed E-state index contributed by atoms with van der Waals surface area (Å²) in [4.78, 5) is 21.3. The Morgan fingerprint density at radius 1 is 1.00 bits per heavy atom. The highest BCUT2D eigenvalue weighted by atomic mass is 19.1. The topological polar surface area (TPSA) is 36.4 Å². The van der Waals surface area contributed by atoms with Gasteiger partial charge in [-0.25, -0.2) is 4.39 Å².